The molecule has 2 rings (SSSR count). The number of nitro groups is 1. The van der Waals surface area contributed by atoms with Crippen molar-refractivity contribution in [3.05, 3.63) is 34.2 Å². The minimum absolute atomic E-state index is 0.0190. The fourth-order valence-electron chi connectivity index (χ4n) is 1.39. The van der Waals surface area contributed by atoms with Gasteiger partial charge in [-0.1, -0.05) is 0 Å². The highest BCUT2D eigenvalue weighted by molar-refractivity contribution is 5.67. The van der Waals surface area contributed by atoms with E-state index in [9.17, 15) is 10.1 Å². The lowest BCUT2D eigenvalue weighted by molar-refractivity contribution is -0.385. The van der Waals surface area contributed by atoms with Gasteiger partial charge in [-0.3, -0.25) is 10.1 Å². The van der Waals surface area contributed by atoms with Gasteiger partial charge in [-0.25, -0.2) is 9.97 Å². The lowest BCUT2D eigenvalue weighted by atomic mass is 10.2. The molecule has 0 bridgehead atoms. The predicted octanol–water partition coefficient (Wildman–Crippen LogP) is 1.54. The Hall–Kier alpha value is -2.44. The lowest BCUT2D eigenvalue weighted by Crippen LogP contribution is -2.04. The van der Waals surface area contributed by atoms with Crippen molar-refractivity contribution >= 4 is 11.6 Å². The largest absolute Gasteiger partial charge is 0.462 e. The van der Waals surface area contributed by atoms with Crippen LogP contribution in [-0.4, -0.2) is 14.9 Å². The maximum atomic E-state index is 10.9. The van der Waals surface area contributed by atoms with E-state index >= 15 is 0 Å². The van der Waals surface area contributed by atoms with Gasteiger partial charge in [0.05, 0.1) is 11.2 Å². The molecule has 0 fully saturated rings. The molecule has 0 aliphatic carbocycles. The van der Waals surface area contributed by atoms with E-state index in [1.807, 2.05) is 0 Å². The summed E-state index contributed by atoms with van der Waals surface area (Å²) in [4.78, 5) is 17.9. The third kappa shape index (κ3) is 1.58. The fourth-order valence-corrected chi connectivity index (χ4v) is 1.39. The molecule has 0 aromatic carbocycles. The monoisotopic (exact) mass is 220 g/mol. The Balaban J connectivity index is 2.72. The van der Waals surface area contributed by atoms with E-state index < -0.39 is 4.92 Å². The molecule has 0 aliphatic heterocycles. The molecule has 2 aromatic heterocycles. The van der Waals surface area contributed by atoms with E-state index in [0.29, 0.717) is 5.76 Å². The first-order chi connectivity index (χ1) is 7.59. The van der Waals surface area contributed by atoms with Crippen LogP contribution in [0.5, 0.6) is 0 Å². The van der Waals surface area contributed by atoms with Crippen molar-refractivity contribution in [1.29, 1.82) is 0 Å². The van der Waals surface area contributed by atoms with Crippen LogP contribution >= 0.6 is 0 Å². The van der Waals surface area contributed by atoms with E-state index in [-0.39, 0.29) is 23.0 Å². The molecule has 2 N–H and O–H groups in total. The van der Waals surface area contributed by atoms with Crippen LogP contribution in [0.2, 0.25) is 0 Å². The predicted molar refractivity (Wildman–Crippen MR) is 55.5 cm³/mol. The molecule has 0 saturated heterocycles. The number of aryl methyl sites for hydroxylation is 1. The summed E-state index contributed by atoms with van der Waals surface area (Å²) in [5.74, 6) is 0.276. The Morgan fingerprint density at radius 3 is 2.81 bits per heavy atom. The zero-order valence-corrected chi connectivity index (χ0v) is 8.38. The van der Waals surface area contributed by atoms with Crippen molar-refractivity contribution in [2.45, 2.75) is 6.92 Å². The van der Waals surface area contributed by atoms with Crippen LogP contribution < -0.4 is 5.73 Å². The molecular formula is C9H8N4O3. The number of hydrogen-bond donors (Lipinski definition) is 1. The van der Waals surface area contributed by atoms with E-state index in [1.54, 1.807) is 12.1 Å². The molecule has 16 heavy (non-hydrogen) atoms. The number of rotatable bonds is 2. The van der Waals surface area contributed by atoms with Crippen molar-refractivity contribution in [3.8, 4) is 11.5 Å². The average molecular weight is 220 g/mol. The van der Waals surface area contributed by atoms with Crippen molar-refractivity contribution < 1.29 is 9.34 Å². The summed E-state index contributed by atoms with van der Waals surface area (Å²) in [6.45, 7) is 1.50. The molecule has 0 atom stereocenters. The molecular weight excluding hydrogens is 212 g/mol. The minimum atomic E-state index is -0.549. The van der Waals surface area contributed by atoms with Gasteiger partial charge >= 0.3 is 5.69 Å². The second-order valence-corrected chi connectivity index (χ2v) is 3.10. The summed E-state index contributed by atoms with van der Waals surface area (Å²) >= 11 is 0. The van der Waals surface area contributed by atoms with Gasteiger partial charge in [0.25, 0.3) is 0 Å². The quantitative estimate of drug-likeness (QED) is 0.607. The van der Waals surface area contributed by atoms with Crippen molar-refractivity contribution in [3.63, 3.8) is 0 Å². The van der Waals surface area contributed by atoms with Gasteiger partial charge in [0.15, 0.2) is 11.5 Å². The van der Waals surface area contributed by atoms with E-state index in [2.05, 4.69) is 9.97 Å². The summed E-state index contributed by atoms with van der Waals surface area (Å²) in [5, 5.41) is 10.9. The Morgan fingerprint density at radius 2 is 2.25 bits per heavy atom. The molecule has 2 aromatic rings. The lowest BCUT2D eigenvalue weighted by Gasteiger charge is -2.02. The van der Waals surface area contributed by atoms with Gasteiger partial charge in [-0.15, -0.1) is 0 Å². The Morgan fingerprint density at radius 1 is 1.50 bits per heavy atom. The Labute approximate surface area is 90.1 Å². The van der Waals surface area contributed by atoms with Crippen molar-refractivity contribution in [1.82, 2.24) is 9.97 Å². The first-order valence-electron chi connectivity index (χ1n) is 4.42. The summed E-state index contributed by atoms with van der Waals surface area (Å²) in [7, 11) is 0. The molecule has 0 radical (unpaired) electrons. The highest BCUT2D eigenvalue weighted by Gasteiger charge is 2.24. The second kappa shape index (κ2) is 3.61. The molecule has 82 valence electrons. The summed E-state index contributed by atoms with van der Waals surface area (Å²) in [6.07, 6.45) is 1.41. The minimum Gasteiger partial charge on any atom is -0.462 e. The Bertz CT molecular complexity index is 536. The van der Waals surface area contributed by atoms with Gasteiger partial charge in [0.2, 0.25) is 5.95 Å². The SMILES string of the molecule is Cc1nc(N)nc(-c2ccco2)c1[N+](=O)[O-]. The second-order valence-electron chi connectivity index (χ2n) is 3.10. The molecule has 7 heteroatoms. The third-order valence-corrected chi connectivity index (χ3v) is 2.01. The Kier molecular flexibility index (Phi) is 2.28. The zero-order valence-electron chi connectivity index (χ0n) is 8.38. The van der Waals surface area contributed by atoms with Crippen LogP contribution in [0.3, 0.4) is 0 Å². The number of aromatic nitrogens is 2. The maximum Gasteiger partial charge on any atom is 0.319 e. The van der Waals surface area contributed by atoms with Crippen LogP contribution in [-0.2, 0) is 0 Å². The van der Waals surface area contributed by atoms with Gasteiger partial charge in [0.1, 0.15) is 5.69 Å². The van der Waals surface area contributed by atoms with Crippen molar-refractivity contribution in [2.24, 2.45) is 0 Å². The van der Waals surface area contributed by atoms with Crippen molar-refractivity contribution in [2.75, 3.05) is 5.73 Å². The van der Waals surface area contributed by atoms with Gasteiger partial charge in [-0.2, -0.15) is 0 Å². The highest BCUT2D eigenvalue weighted by Crippen LogP contribution is 2.30. The fraction of sp³-hybridized carbons (Fsp3) is 0.111. The van der Waals surface area contributed by atoms with Crippen LogP contribution in [0, 0.1) is 17.0 Å². The number of nitrogens with two attached hydrogens (primary N) is 1. The zero-order chi connectivity index (χ0) is 11.7. The molecule has 0 spiro atoms. The number of furan rings is 1. The molecule has 2 heterocycles. The molecule has 0 aliphatic rings. The number of anilines is 1. The first-order valence-corrected chi connectivity index (χ1v) is 4.42. The molecule has 0 unspecified atom stereocenters. The van der Waals surface area contributed by atoms with E-state index in [4.69, 9.17) is 10.2 Å². The molecule has 7 nitrogen and oxygen atoms in total. The van der Waals surface area contributed by atoms with Gasteiger partial charge in [-0.05, 0) is 19.1 Å². The van der Waals surface area contributed by atoms with Crippen LogP contribution in [0.4, 0.5) is 11.6 Å². The smallest absolute Gasteiger partial charge is 0.319 e. The summed E-state index contributed by atoms with van der Waals surface area (Å²) in [6, 6.07) is 3.20. The van der Waals surface area contributed by atoms with Crippen LogP contribution in [0.25, 0.3) is 11.5 Å². The number of hydrogen-bond acceptors (Lipinski definition) is 6. The first kappa shape index (κ1) is 10.1. The molecule has 0 amide bonds. The van der Waals surface area contributed by atoms with Crippen LogP contribution in [0.15, 0.2) is 22.8 Å². The van der Waals surface area contributed by atoms with Crippen LogP contribution in [0.1, 0.15) is 5.69 Å². The standard InChI is InChI=1S/C9H8N4O3/c1-5-8(13(14)15)7(12-9(10)11-5)6-3-2-4-16-6/h2-4H,1H3,(H2,10,11,12). The summed E-state index contributed by atoms with van der Waals surface area (Å²) < 4.78 is 5.07. The third-order valence-electron chi connectivity index (χ3n) is 2.01. The summed E-state index contributed by atoms with van der Waals surface area (Å²) in [5.41, 5.74) is 5.57. The normalized spacial score (nSPS) is 10.3. The average Bonchev–Trinajstić information content (AvgIpc) is 2.67. The molecule has 0 saturated carbocycles. The van der Waals surface area contributed by atoms with Gasteiger partial charge < -0.3 is 10.2 Å². The number of nitrogen functional groups attached to an aromatic ring is 1. The van der Waals surface area contributed by atoms with E-state index in [1.165, 1.54) is 13.2 Å². The number of nitrogens with zero attached hydrogens (tertiary/aromatic N) is 3. The maximum absolute atomic E-state index is 10.9. The topological polar surface area (TPSA) is 108 Å². The highest BCUT2D eigenvalue weighted by atomic mass is 16.6. The van der Waals surface area contributed by atoms with Gasteiger partial charge in [0, 0.05) is 0 Å². The van der Waals surface area contributed by atoms with E-state index in [0.717, 1.165) is 0 Å².